The van der Waals surface area contributed by atoms with Gasteiger partial charge in [-0.1, -0.05) is 25.4 Å². The van der Waals surface area contributed by atoms with E-state index in [1.807, 2.05) is 0 Å². The highest BCUT2D eigenvalue weighted by Crippen LogP contribution is 2.11. The Bertz CT molecular complexity index is 484. The fraction of sp³-hybridized carbons (Fsp3) is 0.529. The third-order valence-electron chi connectivity index (χ3n) is 3.78. The van der Waals surface area contributed by atoms with E-state index in [0.717, 1.165) is 13.1 Å². The summed E-state index contributed by atoms with van der Waals surface area (Å²) in [6, 6.07) is 7.03. The van der Waals surface area contributed by atoms with E-state index in [2.05, 4.69) is 31.0 Å². The van der Waals surface area contributed by atoms with E-state index < -0.39 is 0 Å². The molecule has 1 aromatic rings. The first-order chi connectivity index (χ1) is 10.5. The molecule has 0 radical (unpaired) electrons. The fourth-order valence-electron chi connectivity index (χ4n) is 2.33. The molecule has 0 heterocycles. The Morgan fingerprint density at radius 1 is 1.14 bits per heavy atom. The quantitative estimate of drug-likeness (QED) is 0.710. The van der Waals surface area contributed by atoms with Crippen LogP contribution in [0.1, 0.15) is 44.0 Å². The van der Waals surface area contributed by atoms with Crippen molar-refractivity contribution in [1.29, 1.82) is 0 Å². The second kappa shape index (κ2) is 9.59. The van der Waals surface area contributed by atoms with Crippen molar-refractivity contribution >= 4 is 23.3 Å². The van der Waals surface area contributed by atoms with Gasteiger partial charge in [0.15, 0.2) is 5.78 Å². The molecule has 0 saturated heterocycles. The van der Waals surface area contributed by atoms with Gasteiger partial charge in [0.1, 0.15) is 0 Å². The van der Waals surface area contributed by atoms with Crippen LogP contribution in [-0.2, 0) is 4.79 Å². The maximum atomic E-state index is 12.0. The van der Waals surface area contributed by atoms with Crippen molar-refractivity contribution in [3.63, 3.8) is 0 Å². The van der Waals surface area contributed by atoms with Crippen molar-refractivity contribution in [2.75, 3.05) is 19.6 Å². The summed E-state index contributed by atoms with van der Waals surface area (Å²) in [6.45, 7) is 8.83. The average molecular weight is 325 g/mol. The first-order valence-corrected chi connectivity index (χ1v) is 8.15. The number of rotatable bonds is 9. The van der Waals surface area contributed by atoms with E-state index in [-0.39, 0.29) is 24.5 Å². The van der Waals surface area contributed by atoms with Crippen molar-refractivity contribution < 1.29 is 9.59 Å². The van der Waals surface area contributed by atoms with Crippen molar-refractivity contribution in [2.45, 2.75) is 39.7 Å². The minimum Gasteiger partial charge on any atom is -0.355 e. The number of nitrogens with zero attached hydrogens (tertiary/aromatic N) is 1. The van der Waals surface area contributed by atoms with E-state index in [9.17, 15) is 9.59 Å². The molecular formula is C17H25ClN2O2. The molecule has 0 fully saturated rings. The van der Waals surface area contributed by atoms with Gasteiger partial charge in [0.2, 0.25) is 5.91 Å². The van der Waals surface area contributed by atoms with Gasteiger partial charge in [0, 0.05) is 36.0 Å². The largest absolute Gasteiger partial charge is 0.355 e. The zero-order valence-electron chi connectivity index (χ0n) is 13.6. The third-order valence-corrected chi connectivity index (χ3v) is 4.03. The molecule has 0 saturated carbocycles. The van der Waals surface area contributed by atoms with Crippen LogP contribution in [0.15, 0.2) is 24.3 Å². The summed E-state index contributed by atoms with van der Waals surface area (Å²) in [6.07, 6.45) is 0.430. The summed E-state index contributed by atoms with van der Waals surface area (Å²) in [5.74, 6) is -0.120. The SMILES string of the molecule is CCN(CC)C(C)CNC(=O)CCC(=O)c1ccc(Cl)cc1. The van der Waals surface area contributed by atoms with Crippen LogP contribution in [0.5, 0.6) is 0 Å². The molecule has 1 amide bonds. The Balaban J connectivity index is 2.34. The Labute approximate surface area is 137 Å². The number of hydrogen-bond donors (Lipinski definition) is 1. The van der Waals surface area contributed by atoms with Crippen molar-refractivity contribution in [1.82, 2.24) is 10.2 Å². The Morgan fingerprint density at radius 3 is 2.27 bits per heavy atom. The molecule has 0 bridgehead atoms. The van der Waals surface area contributed by atoms with Crippen LogP contribution in [0, 0.1) is 0 Å². The molecule has 1 unspecified atom stereocenters. The Hall–Kier alpha value is -1.39. The smallest absolute Gasteiger partial charge is 0.220 e. The van der Waals surface area contributed by atoms with E-state index in [1.54, 1.807) is 24.3 Å². The lowest BCUT2D eigenvalue weighted by Gasteiger charge is -2.26. The van der Waals surface area contributed by atoms with Gasteiger partial charge in [-0.25, -0.2) is 0 Å². The molecule has 5 heteroatoms. The van der Waals surface area contributed by atoms with Crippen molar-refractivity contribution in [2.24, 2.45) is 0 Å². The highest BCUT2D eigenvalue weighted by Gasteiger charge is 2.13. The van der Waals surface area contributed by atoms with Gasteiger partial charge in [-0.15, -0.1) is 0 Å². The maximum absolute atomic E-state index is 12.0. The lowest BCUT2D eigenvalue weighted by atomic mass is 10.1. The normalized spacial score (nSPS) is 12.2. The lowest BCUT2D eigenvalue weighted by molar-refractivity contribution is -0.121. The van der Waals surface area contributed by atoms with E-state index in [4.69, 9.17) is 11.6 Å². The summed E-state index contributed by atoms with van der Waals surface area (Å²) in [7, 11) is 0. The molecule has 0 aliphatic carbocycles. The van der Waals surface area contributed by atoms with Gasteiger partial charge in [0.05, 0.1) is 0 Å². The number of hydrogen-bond acceptors (Lipinski definition) is 3. The number of carbonyl (C=O) groups is 2. The van der Waals surface area contributed by atoms with Gasteiger partial charge < -0.3 is 5.32 Å². The summed E-state index contributed by atoms with van der Waals surface area (Å²) >= 11 is 5.78. The Kier molecular flexibility index (Phi) is 8.13. The van der Waals surface area contributed by atoms with Gasteiger partial charge in [0.25, 0.3) is 0 Å². The maximum Gasteiger partial charge on any atom is 0.220 e. The Morgan fingerprint density at radius 2 is 1.73 bits per heavy atom. The van der Waals surface area contributed by atoms with Crippen molar-refractivity contribution in [3.05, 3.63) is 34.9 Å². The first-order valence-electron chi connectivity index (χ1n) is 7.77. The van der Waals surface area contributed by atoms with Crippen LogP contribution in [0.2, 0.25) is 5.02 Å². The van der Waals surface area contributed by atoms with Crippen LogP contribution < -0.4 is 5.32 Å². The van der Waals surface area contributed by atoms with Gasteiger partial charge in [-0.3, -0.25) is 14.5 Å². The molecular weight excluding hydrogens is 300 g/mol. The topological polar surface area (TPSA) is 49.4 Å². The third kappa shape index (κ3) is 6.16. The molecule has 22 heavy (non-hydrogen) atoms. The molecule has 122 valence electrons. The number of amides is 1. The van der Waals surface area contributed by atoms with E-state index >= 15 is 0 Å². The van der Waals surface area contributed by atoms with Crippen LogP contribution in [-0.4, -0.2) is 42.3 Å². The molecule has 1 atom stereocenters. The zero-order chi connectivity index (χ0) is 16.5. The predicted molar refractivity (Wildman–Crippen MR) is 90.4 cm³/mol. The number of halogens is 1. The highest BCUT2D eigenvalue weighted by molar-refractivity contribution is 6.30. The fourth-order valence-corrected chi connectivity index (χ4v) is 2.46. The zero-order valence-corrected chi connectivity index (χ0v) is 14.3. The molecule has 0 aromatic heterocycles. The second-order valence-corrected chi connectivity index (χ2v) is 5.74. The molecule has 0 spiro atoms. The molecule has 1 rings (SSSR count). The van der Waals surface area contributed by atoms with Crippen LogP contribution in [0.3, 0.4) is 0 Å². The number of carbonyl (C=O) groups excluding carboxylic acids is 2. The van der Waals surface area contributed by atoms with Gasteiger partial charge in [-0.05, 0) is 44.3 Å². The number of likely N-dealkylation sites (N-methyl/N-ethyl adjacent to an activating group) is 1. The van der Waals surface area contributed by atoms with Gasteiger partial charge >= 0.3 is 0 Å². The number of nitrogens with one attached hydrogen (secondary N) is 1. The molecule has 0 aliphatic rings. The minimum absolute atomic E-state index is 0.0383. The first kappa shape index (κ1) is 18.7. The summed E-state index contributed by atoms with van der Waals surface area (Å²) in [5, 5.41) is 3.49. The summed E-state index contributed by atoms with van der Waals surface area (Å²) < 4.78 is 0. The molecule has 1 N–H and O–H groups in total. The second-order valence-electron chi connectivity index (χ2n) is 5.30. The number of benzene rings is 1. The van der Waals surface area contributed by atoms with E-state index in [1.165, 1.54) is 0 Å². The van der Waals surface area contributed by atoms with E-state index in [0.29, 0.717) is 23.2 Å². The lowest BCUT2D eigenvalue weighted by Crippen LogP contribution is -2.42. The van der Waals surface area contributed by atoms with Gasteiger partial charge in [-0.2, -0.15) is 0 Å². The monoisotopic (exact) mass is 324 g/mol. The van der Waals surface area contributed by atoms with Crippen LogP contribution >= 0.6 is 11.6 Å². The molecule has 0 aliphatic heterocycles. The minimum atomic E-state index is -0.0821. The number of Topliss-reactive ketones (excluding diaryl/α,β-unsaturated/α-hetero) is 1. The average Bonchev–Trinajstić information content (AvgIpc) is 2.52. The number of ketones is 1. The standard InChI is InChI=1S/C17H25ClN2O2/c1-4-20(5-2)13(3)12-19-17(22)11-10-16(21)14-6-8-15(18)9-7-14/h6-9,13H,4-5,10-12H2,1-3H3,(H,19,22). The summed E-state index contributed by atoms with van der Waals surface area (Å²) in [5.41, 5.74) is 0.591. The van der Waals surface area contributed by atoms with Crippen LogP contribution in [0.4, 0.5) is 0 Å². The molecule has 1 aromatic carbocycles. The summed E-state index contributed by atoms with van der Waals surface area (Å²) in [4.78, 5) is 26.1. The van der Waals surface area contributed by atoms with Crippen molar-refractivity contribution in [3.8, 4) is 0 Å². The highest BCUT2D eigenvalue weighted by atomic mass is 35.5. The molecule has 4 nitrogen and oxygen atoms in total. The predicted octanol–water partition coefficient (Wildman–Crippen LogP) is 3.15. The van der Waals surface area contributed by atoms with Crippen LogP contribution in [0.25, 0.3) is 0 Å².